The molecule has 0 aliphatic carbocycles. The van der Waals surface area contributed by atoms with Gasteiger partial charge in [0, 0.05) is 44.7 Å². The van der Waals surface area contributed by atoms with E-state index in [4.69, 9.17) is 0 Å². The molecule has 0 aliphatic rings. The molecule has 1 N–H and O–H groups in total. The topological polar surface area (TPSA) is 40.5 Å². The lowest BCUT2D eigenvalue weighted by Crippen LogP contribution is -2.39. The monoisotopic (exact) mass is 462 g/mol. The van der Waals surface area contributed by atoms with Crippen LogP contribution >= 0.6 is 35.3 Å². The van der Waals surface area contributed by atoms with Gasteiger partial charge in [-0.3, -0.25) is 4.99 Å². The van der Waals surface area contributed by atoms with Crippen molar-refractivity contribution in [2.45, 2.75) is 26.3 Å². The highest BCUT2D eigenvalue weighted by atomic mass is 127. The van der Waals surface area contributed by atoms with Crippen LogP contribution in [0.4, 0.5) is 4.39 Å². The number of hydrogen-bond donors (Lipinski definition) is 1. The van der Waals surface area contributed by atoms with E-state index < -0.39 is 0 Å². The van der Waals surface area contributed by atoms with Crippen LogP contribution in [-0.4, -0.2) is 36.5 Å². The number of aryl methyl sites for hydroxylation is 1. The van der Waals surface area contributed by atoms with Gasteiger partial charge in [-0.15, -0.1) is 35.3 Å². The van der Waals surface area contributed by atoms with Crippen molar-refractivity contribution in [3.05, 3.63) is 51.7 Å². The van der Waals surface area contributed by atoms with Crippen molar-refractivity contribution in [3.8, 4) is 0 Å². The largest absolute Gasteiger partial charge is 0.356 e. The Labute approximate surface area is 164 Å². The maximum Gasteiger partial charge on any atom is 0.193 e. The van der Waals surface area contributed by atoms with Crippen LogP contribution < -0.4 is 5.32 Å². The average Bonchev–Trinajstić information content (AvgIpc) is 2.99. The number of thiazole rings is 1. The molecule has 0 spiro atoms. The number of halogens is 2. The van der Waals surface area contributed by atoms with Crippen molar-refractivity contribution in [3.63, 3.8) is 0 Å². The molecular formula is C17H24FIN4S. The van der Waals surface area contributed by atoms with Crippen LogP contribution in [0.2, 0.25) is 0 Å². The number of hydrogen-bond acceptors (Lipinski definition) is 3. The molecule has 7 heteroatoms. The van der Waals surface area contributed by atoms with E-state index in [1.807, 2.05) is 24.2 Å². The van der Waals surface area contributed by atoms with E-state index in [0.717, 1.165) is 35.9 Å². The Balaban J connectivity index is 0.00000288. The third kappa shape index (κ3) is 6.35. The summed E-state index contributed by atoms with van der Waals surface area (Å²) in [4.78, 5) is 12.0. The van der Waals surface area contributed by atoms with E-state index >= 15 is 0 Å². The second-order valence-electron chi connectivity index (χ2n) is 5.28. The zero-order chi connectivity index (χ0) is 16.7. The zero-order valence-electron chi connectivity index (χ0n) is 14.3. The Bertz CT molecular complexity index is 660. The fourth-order valence-electron chi connectivity index (χ4n) is 2.28. The van der Waals surface area contributed by atoms with E-state index in [0.29, 0.717) is 6.54 Å². The van der Waals surface area contributed by atoms with Gasteiger partial charge in [-0.05, 0) is 24.1 Å². The van der Waals surface area contributed by atoms with Gasteiger partial charge in [-0.1, -0.05) is 19.1 Å². The van der Waals surface area contributed by atoms with Crippen LogP contribution in [0.5, 0.6) is 0 Å². The third-order valence-electron chi connectivity index (χ3n) is 3.45. The summed E-state index contributed by atoms with van der Waals surface area (Å²) in [5.41, 5.74) is 0.919. The van der Waals surface area contributed by atoms with E-state index in [1.165, 1.54) is 10.9 Å². The van der Waals surface area contributed by atoms with E-state index in [2.05, 4.69) is 22.2 Å². The third-order valence-corrected chi connectivity index (χ3v) is 4.66. The van der Waals surface area contributed by atoms with Gasteiger partial charge in [-0.25, -0.2) is 9.37 Å². The fourth-order valence-corrected chi connectivity index (χ4v) is 3.14. The van der Waals surface area contributed by atoms with Crippen LogP contribution in [0.1, 0.15) is 22.4 Å². The maximum atomic E-state index is 13.3. The fraction of sp³-hybridized carbons (Fsp3) is 0.412. The van der Waals surface area contributed by atoms with Gasteiger partial charge in [0.1, 0.15) is 5.82 Å². The van der Waals surface area contributed by atoms with Crippen molar-refractivity contribution in [1.29, 1.82) is 0 Å². The van der Waals surface area contributed by atoms with Crippen LogP contribution in [0.25, 0.3) is 0 Å². The Morgan fingerprint density at radius 3 is 2.83 bits per heavy atom. The highest BCUT2D eigenvalue weighted by Crippen LogP contribution is 2.13. The molecule has 4 nitrogen and oxygen atoms in total. The molecule has 0 bridgehead atoms. The summed E-state index contributed by atoms with van der Waals surface area (Å²) in [6, 6.07) is 6.64. The van der Waals surface area contributed by atoms with Crippen molar-refractivity contribution >= 4 is 41.3 Å². The van der Waals surface area contributed by atoms with E-state index in [9.17, 15) is 4.39 Å². The molecule has 0 amide bonds. The lowest BCUT2D eigenvalue weighted by Gasteiger charge is -2.22. The first-order valence-electron chi connectivity index (χ1n) is 7.72. The summed E-state index contributed by atoms with van der Waals surface area (Å²) >= 11 is 1.76. The molecule has 0 atom stereocenters. The molecule has 0 saturated heterocycles. The molecule has 0 aliphatic heterocycles. The molecule has 132 valence electrons. The highest BCUT2D eigenvalue weighted by molar-refractivity contribution is 14.0. The Hall–Kier alpha value is -1.22. The van der Waals surface area contributed by atoms with Crippen LogP contribution in [-0.2, 0) is 19.4 Å². The summed E-state index contributed by atoms with van der Waals surface area (Å²) in [6.45, 7) is 3.52. The van der Waals surface area contributed by atoms with Crippen LogP contribution in [0.3, 0.4) is 0 Å². The van der Waals surface area contributed by atoms with Gasteiger partial charge in [0.15, 0.2) is 5.96 Å². The van der Waals surface area contributed by atoms with Gasteiger partial charge in [0.25, 0.3) is 0 Å². The number of aliphatic imine (C=N–C) groups is 1. The first kappa shape index (κ1) is 20.8. The highest BCUT2D eigenvalue weighted by Gasteiger charge is 2.07. The summed E-state index contributed by atoms with van der Waals surface area (Å²) in [5.74, 6) is 0.580. The summed E-state index contributed by atoms with van der Waals surface area (Å²) in [7, 11) is 3.70. The molecule has 1 heterocycles. The Morgan fingerprint density at radius 1 is 1.42 bits per heavy atom. The van der Waals surface area contributed by atoms with Crippen molar-refractivity contribution in [2.24, 2.45) is 4.99 Å². The SMILES string of the molecule is CCc1cnc(CCNC(=NC)N(C)Cc2cccc(F)c2)s1.I. The maximum absolute atomic E-state index is 13.3. The normalized spacial score (nSPS) is 11.1. The number of benzene rings is 1. The van der Waals surface area contributed by atoms with Crippen LogP contribution in [0.15, 0.2) is 35.5 Å². The molecular weight excluding hydrogens is 438 g/mol. The predicted octanol–water partition coefficient (Wildman–Crippen LogP) is 3.71. The second kappa shape index (κ2) is 10.6. The lowest BCUT2D eigenvalue weighted by atomic mass is 10.2. The zero-order valence-corrected chi connectivity index (χ0v) is 17.4. The molecule has 0 fully saturated rings. The van der Waals surface area contributed by atoms with Crippen LogP contribution in [0, 0.1) is 5.82 Å². The van der Waals surface area contributed by atoms with Gasteiger partial charge in [-0.2, -0.15) is 0 Å². The molecule has 1 aromatic carbocycles. The number of aromatic nitrogens is 1. The molecule has 0 radical (unpaired) electrons. The Kier molecular flexibility index (Phi) is 9.20. The minimum atomic E-state index is -0.214. The number of guanidine groups is 1. The molecule has 2 aromatic rings. The first-order valence-corrected chi connectivity index (χ1v) is 8.53. The quantitative estimate of drug-likeness (QED) is 0.404. The number of nitrogens with zero attached hydrogens (tertiary/aromatic N) is 3. The van der Waals surface area contributed by atoms with Crippen molar-refractivity contribution in [2.75, 3.05) is 20.6 Å². The second-order valence-corrected chi connectivity index (χ2v) is 6.48. The van der Waals surface area contributed by atoms with Crippen molar-refractivity contribution < 1.29 is 4.39 Å². The van der Waals surface area contributed by atoms with Crippen molar-refractivity contribution in [1.82, 2.24) is 15.2 Å². The van der Waals surface area contributed by atoms with Gasteiger partial charge >= 0.3 is 0 Å². The summed E-state index contributed by atoms with van der Waals surface area (Å²) in [5, 5.41) is 4.47. The number of rotatable bonds is 6. The molecule has 2 rings (SSSR count). The smallest absolute Gasteiger partial charge is 0.193 e. The Morgan fingerprint density at radius 2 is 2.21 bits per heavy atom. The standard InChI is InChI=1S/C17H23FN4S.HI/c1-4-15-11-21-16(23-15)8-9-20-17(19-2)22(3)12-13-6-5-7-14(18)10-13;/h5-7,10-11H,4,8-9,12H2,1-3H3,(H,19,20);1H. The van der Waals surface area contributed by atoms with E-state index in [-0.39, 0.29) is 29.8 Å². The number of nitrogens with one attached hydrogen (secondary N) is 1. The minimum Gasteiger partial charge on any atom is -0.356 e. The van der Waals surface area contributed by atoms with Gasteiger partial charge < -0.3 is 10.2 Å². The first-order chi connectivity index (χ1) is 11.1. The van der Waals surface area contributed by atoms with E-state index in [1.54, 1.807) is 30.5 Å². The molecule has 24 heavy (non-hydrogen) atoms. The average molecular weight is 462 g/mol. The molecule has 1 aromatic heterocycles. The molecule has 0 unspecified atom stereocenters. The summed E-state index contributed by atoms with van der Waals surface area (Å²) in [6.07, 6.45) is 3.85. The van der Waals surface area contributed by atoms with Gasteiger partial charge in [0.05, 0.1) is 5.01 Å². The van der Waals surface area contributed by atoms with Gasteiger partial charge in [0.2, 0.25) is 0 Å². The molecule has 0 saturated carbocycles. The lowest BCUT2D eigenvalue weighted by molar-refractivity contribution is 0.475. The predicted molar refractivity (Wildman–Crippen MR) is 110 cm³/mol. The summed E-state index contributed by atoms with van der Waals surface area (Å²) < 4.78 is 13.3. The minimum absolute atomic E-state index is 0.